The smallest absolute Gasteiger partial charge is 0.422 e. The molecule has 0 atom stereocenters. The van der Waals surface area contributed by atoms with Crippen molar-refractivity contribution in [3.63, 3.8) is 0 Å². The third kappa shape index (κ3) is 5.76. The van der Waals surface area contributed by atoms with E-state index >= 15 is 0 Å². The van der Waals surface area contributed by atoms with Gasteiger partial charge in [-0.3, -0.25) is 0 Å². The second-order valence-corrected chi connectivity index (χ2v) is 4.47. The zero-order valence-corrected chi connectivity index (χ0v) is 9.60. The Hall–Kier alpha value is -0.980. The number of carbonyl (C=O) groups excluding carboxylic acids is 1. The van der Waals surface area contributed by atoms with Crippen LogP contribution in [-0.2, 0) is 9.47 Å². The molecule has 1 saturated heterocycles. The van der Waals surface area contributed by atoms with E-state index in [9.17, 15) is 18.0 Å². The second-order valence-electron chi connectivity index (χ2n) is 4.47. The number of ether oxygens (including phenoxy) is 2. The van der Waals surface area contributed by atoms with Crippen molar-refractivity contribution in [2.24, 2.45) is 5.41 Å². The van der Waals surface area contributed by atoms with E-state index in [0.29, 0.717) is 19.8 Å². The highest BCUT2D eigenvalue weighted by atomic mass is 19.4. The summed E-state index contributed by atoms with van der Waals surface area (Å²) in [6.07, 6.45) is -3.98. The molecule has 0 aromatic carbocycles. The van der Waals surface area contributed by atoms with E-state index in [1.807, 2.05) is 6.92 Å². The highest BCUT2D eigenvalue weighted by Gasteiger charge is 2.31. The molecule has 0 aromatic rings. The van der Waals surface area contributed by atoms with Gasteiger partial charge in [-0.1, -0.05) is 6.92 Å². The van der Waals surface area contributed by atoms with Gasteiger partial charge in [0.15, 0.2) is 6.61 Å². The van der Waals surface area contributed by atoms with Crippen molar-refractivity contribution in [2.45, 2.75) is 25.9 Å². The van der Waals surface area contributed by atoms with Gasteiger partial charge in [-0.15, -0.1) is 0 Å². The highest BCUT2D eigenvalue weighted by Crippen LogP contribution is 2.28. The zero-order chi connectivity index (χ0) is 12.9. The van der Waals surface area contributed by atoms with Gasteiger partial charge in [0.2, 0.25) is 0 Å². The minimum atomic E-state index is -4.49. The SMILES string of the molecule is CC1(CNC(=O)OCC(F)(F)F)CCOCC1. The summed E-state index contributed by atoms with van der Waals surface area (Å²) >= 11 is 0. The third-order valence-electron chi connectivity index (χ3n) is 2.73. The Morgan fingerprint density at radius 3 is 2.53 bits per heavy atom. The van der Waals surface area contributed by atoms with Crippen LogP contribution in [-0.4, -0.2) is 38.6 Å². The van der Waals surface area contributed by atoms with Crippen LogP contribution in [0.3, 0.4) is 0 Å². The summed E-state index contributed by atoms with van der Waals surface area (Å²) in [7, 11) is 0. The fraction of sp³-hybridized carbons (Fsp3) is 0.900. The molecule has 0 aromatic heterocycles. The van der Waals surface area contributed by atoms with Crippen LogP contribution in [0.25, 0.3) is 0 Å². The van der Waals surface area contributed by atoms with E-state index in [1.54, 1.807) is 0 Å². The van der Waals surface area contributed by atoms with E-state index in [2.05, 4.69) is 10.1 Å². The van der Waals surface area contributed by atoms with Crippen LogP contribution in [0, 0.1) is 5.41 Å². The molecule has 0 aliphatic carbocycles. The number of alkyl halides is 3. The first-order valence-electron chi connectivity index (χ1n) is 5.36. The Bertz CT molecular complexity index is 262. The van der Waals surface area contributed by atoms with Gasteiger partial charge < -0.3 is 14.8 Å². The van der Waals surface area contributed by atoms with E-state index in [4.69, 9.17) is 4.74 Å². The van der Waals surface area contributed by atoms with E-state index in [-0.39, 0.29) is 5.41 Å². The van der Waals surface area contributed by atoms with Gasteiger partial charge in [0, 0.05) is 19.8 Å². The second kappa shape index (κ2) is 5.57. The van der Waals surface area contributed by atoms with Crippen LogP contribution in [0.4, 0.5) is 18.0 Å². The van der Waals surface area contributed by atoms with Gasteiger partial charge in [0.25, 0.3) is 0 Å². The molecule has 17 heavy (non-hydrogen) atoms. The van der Waals surface area contributed by atoms with Gasteiger partial charge >= 0.3 is 12.3 Å². The number of rotatable bonds is 3. The average Bonchev–Trinajstić information content (AvgIpc) is 2.24. The maximum absolute atomic E-state index is 11.8. The Balaban J connectivity index is 2.23. The molecule has 1 fully saturated rings. The van der Waals surface area contributed by atoms with Crippen LogP contribution in [0.2, 0.25) is 0 Å². The molecule has 1 aliphatic heterocycles. The molecule has 100 valence electrons. The molecule has 4 nitrogen and oxygen atoms in total. The Morgan fingerprint density at radius 2 is 2.00 bits per heavy atom. The molecule has 0 radical (unpaired) electrons. The predicted octanol–water partition coefficient (Wildman–Crippen LogP) is 2.09. The number of hydrogen-bond acceptors (Lipinski definition) is 3. The molecule has 1 rings (SSSR count). The van der Waals surface area contributed by atoms with E-state index in [0.717, 1.165) is 12.8 Å². The van der Waals surface area contributed by atoms with Crippen LogP contribution >= 0.6 is 0 Å². The maximum Gasteiger partial charge on any atom is 0.422 e. The number of carbonyl (C=O) groups is 1. The van der Waals surface area contributed by atoms with Crippen molar-refractivity contribution in [1.82, 2.24) is 5.32 Å². The summed E-state index contributed by atoms with van der Waals surface area (Å²) in [5.74, 6) is 0. The van der Waals surface area contributed by atoms with Crippen LogP contribution in [0.5, 0.6) is 0 Å². The Labute approximate surface area is 97.5 Å². The lowest BCUT2D eigenvalue weighted by molar-refractivity contribution is -0.160. The molecule has 0 spiro atoms. The number of hydrogen-bond donors (Lipinski definition) is 1. The van der Waals surface area contributed by atoms with Crippen molar-refractivity contribution < 1.29 is 27.4 Å². The van der Waals surface area contributed by atoms with Crippen LogP contribution in [0.1, 0.15) is 19.8 Å². The van der Waals surface area contributed by atoms with Gasteiger partial charge in [-0.25, -0.2) is 4.79 Å². The first-order chi connectivity index (χ1) is 7.81. The molecular weight excluding hydrogens is 239 g/mol. The first-order valence-corrected chi connectivity index (χ1v) is 5.36. The maximum atomic E-state index is 11.8. The number of nitrogens with one attached hydrogen (secondary N) is 1. The van der Waals surface area contributed by atoms with Gasteiger partial charge in [-0.2, -0.15) is 13.2 Å². The normalized spacial score (nSPS) is 19.8. The lowest BCUT2D eigenvalue weighted by atomic mass is 9.82. The molecule has 1 aliphatic rings. The summed E-state index contributed by atoms with van der Waals surface area (Å²) < 4.78 is 44.5. The third-order valence-corrected chi connectivity index (χ3v) is 2.73. The van der Waals surface area contributed by atoms with Gasteiger partial charge in [-0.05, 0) is 18.3 Å². The lowest BCUT2D eigenvalue weighted by Gasteiger charge is -2.33. The fourth-order valence-corrected chi connectivity index (χ4v) is 1.52. The van der Waals surface area contributed by atoms with Gasteiger partial charge in [0.05, 0.1) is 0 Å². The average molecular weight is 255 g/mol. The zero-order valence-electron chi connectivity index (χ0n) is 9.60. The van der Waals surface area contributed by atoms with Crippen molar-refractivity contribution in [1.29, 1.82) is 0 Å². The van der Waals surface area contributed by atoms with Crippen molar-refractivity contribution in [3.05, 3.63) is 0 Å². The van der Waals surface area contributed by atoms with E-state index in [1.165, 1.54) is 0 Å². The lowest BCUT2D eigenvalue weighted by Crippen LogP contribution is -2.40. The molecular formula is C10H16F3NO3. The summed E-state index contributed by atoms with van der Waals surface area (Å²) in [6.45, 7) is 1.91. The predicted molar refractivity (Wildman–Crippen MR) is 53.6 cm³/mol. The summed E-state index contributed by atoms with van der Waals surface area (Å²) in [6, 6.07) is 0. The molecule has 1 amide bonds. The standard InChI is InChI=1S/C10H16F3NO3/c1-9(2-4-16-5-3-9)6-14-8(15)17-7-10(11,12)13/h2-7H2,1H3,(H,14,15). The molecule has 1 N–H and O–H groups in total. The fourth-order valence-electron chi connectivity index (χ4n) is 1.52. The Morgan fingerprint density at radius 1 is 1.41 bits per heavy atom. The molecule has 0 unspecified atom stereocenters. The monoisotopic (exact) mass is 255 g/mol. The largest absolute Gasteiger partial charge is 0.440 e. The number of halogens is 3. The van der Waals surface area contributed by atoms with Crippen molar-refractivity contribution in [3.8, 4) is 0 Å². The quantitative estimate of drug-likeness (QED) is 0.840. The molecule has 1 heterocycles. The summed E-state index contributed by atoms with van der Waals surface area (Å²) in [5.41, 5.74) is -0.129. The molecule has 0 bridgehead atoms. The van der Waals surface area contributed by atoms with Crippen molar-refractivity contribution >= 4 is 6.09 Å². The van der Waals surface area contributed by atoms with Crippen LogP contribution in [0.15, 0.2) is 0 Å². The molecule has 7 heteroatoms. The highest BCUT2D eigenvalue weighted by molar-refractivity contribution is 5.67. The topological polar surface area (TPSA) is 47.6 Å². The first kappa shape index (κ1) is 14.1. The number of amides is 1. The van der Waals surface area contributed by atoms with Crippen LogP contribution < -0.4 is 5.32 Å². The van der Waals surface area contributed by atoms with E-state index < -0.39 is 18.9 Å². The molecule has 0 saturated carbocycles. The minimum Gasteiger partial charge on any atom is -0.440 e. The van der Waals surface area contributed by atoms with Crippen molar-refractivity contribution in [2.75, 3.05) is 26.4 Å². The minimum absolute atomic E-state index is 0.129. The summed E-state index contributed by atoms with van der Waals surface area (Å²) in [5, 5.41) is 2.35. The summed E-state index contributed by atoms with van der Waals surface area (Å²) in [4.78, 5) is 11.0. The van der Waals surface area contributed by atoms with Gasteiger partial charge in [0.1, 0.15) is 0 Å². The number of alkyl carbamates (subject to hydrolysis) is 1. The Kier molecular flexibility index (Phi) is 4.62.